The molecule has 0 saturated heterocycles. The van der Waals surface area contributed by atoms with Crippen LogP contribution in [0.5, 0.6) is 0 Å². The fourth-order valence-corrected chi connectivity index (χ4v) is 4.30. The van der Waals surface area contributed by atoms with Crippen LogP contribution in [0.1, 0.15) is 42.9 Å². The van der Waals surface area contributed by atoms with Crippen molar-refractivity contribution in [1.29, 1.82) is 0 Å². The quantitative estimate of drug-likeness (QED) is 0.931. The minimum absolute atomic E-state index is 0.0118. The highest BCUT2D eigenvalue weighted by Gasteiger charge is 2.33. The highest BCUT2D eigenvalue weighted by atomic mass is 35.5. The van der Waals surface area contributed by atoms with Gasteiger partial charge in [0.15, 0.2) is 0 Å². The third-order valence-corrected chi connectivity index (χ3v) is 6.30. The molecule has 1 aromatic rings. The van der Waals surface area contributed by atoms with Gasteiger partial charge in [-0.15, -0.1) is 0 Å². The molecule has 0 amide bonds. The zero-order valence-corrected chi connectivity index (χ0v) is 13.4. The van der Waals surface area contributed by atoms with E-state index in [1.54, 1.807) is 6.07 Å². The standard InChI is InChI=1S/C15H21ClO3S/c1-10-6-7-12(9-14(10)16)15(17)11-4-3-5-13(8-11)20(2,18)19/h6-7,9,11,13,15,17H,3-5,8H2,1-2H3. The smallest absolute Gasteiger partial charge is 0.150 e. The zero-order chi connectivity index (χ0) is 14.9. The van der Waals surface area contributed by atoms with Gasteiger partial charge in [0.05, 0.1) is 11.4 Å². The maximum Gasteiger partial charge on any atom is 0.150 e. The molecule has 2 rings (SSSR count). The van der Waals surface area contributed by atoms with E-state index in [4.69, 9.17) is 11.6 Å². The molecule has 0 aromatic heterocycles. The monoisotopic (exact) mass is 316 g/mol. The van der Waals surface area contributed by atoms with Crippen molar-refractivity contribution < 1.29 is 13.5 Å². The minimum Gasteiger partial charge on any atom is -0.388 e. The normalized spacial score (nSPS) is 25.4. The van der Waals surface area contributed by atoms with Gasteiger partial charge in [0, 0.05) is 11.3 Å². The van der Waals surface area contributed by atoms with Crippen LogP contribution in [-0.4, -0.2) is 25.0 Å². The Morgan fingerprint density at radius 2 is 2.05 bits per heavy atom. The molecule has 1 fully saturated rings. The van der Waals surface area contributed by atoms with Crippen LogP contribution < -0.4 is 0 Å². The predicted octanol–water partition coefficient (Wildman–Crippen LogP) is 3.29. The van der Waals surface area contributed by atoms with Crippen LogP contribution in [0.15, 0.2) is 18.2 Å². The summed E-state index contributed by atoms with van der Waals surface area (Å²) in [7, 11) is -3.03. The molecule has 1 aromatic carbocycles. The van der Waals surface area contributed by atoms with Gasteiger partial charge in [-0.25, -0.2) is 8.42 Å². The molecular weight excluding hydrogens is 296 g/mol. The lowest BCUT2D eigenvalue weighted by molar-refractivity contribution is 0.0857. The Balaban J connectivity index is 2.16. The van der Waals surface area contributed by atoms with Crippen LogP contribution in [0.4, 0.5) is 0 Å². The summed E-state index contributed by atoms with van der Waals surface area (Å²) in [5.74, 6) is -0.0118. The van der Waals surface area contributed by atoms with Gasteiger partial charge in [-0.1, -0.05) is 30.2 Å². The average Bonchev–Trinajstić information content (AvgIpc) is 2.40. The van der Waals surface area contributed by atoms with E-state index >= 15 is 0 Å². The largest absolute Gasteiger partial charge is 0.388 e. The fourth-order valence-electron chi connectivity index (χ4n) is 2.92. The maximum atomic E-state index is 11.7. The van der Waals surface area contributed by atoms with Crippen molar-refractivity contribution in [1.82, 2.24) is 0 Å². The number of aliphatic hydroxyl groups is 1. The van der Waals surface area contributed by atoms with Gasteiger partial charge in [0.25, 0.3) is 0 Å². The highest BCUT2D eigenvalue weighted by molar-refractivity contribution is 7.91. The van der Waals surface area contributed by atoms with Gasteiger partial charge in [-0.3, -0.25) is 0 Å². The number of hydrogen-bond acceptors (Lipinski definition) is 3. The number of halogens is 1. The summed E-state index contributed by atoms with van der Waals surface area (Å²) >= 11 is 6.09. The van der Waals surface area contributed by atoms with Crippen molar-refractivity contribution in [3.8, 4) is 0 Å². The third kappa shape index (κ3) is 3.54. The molecule has 1 saturated carbocycles. The number of rotatable bonds is 3. The van der Waals surface area contributed by atoms with Gasteiger partial charge in [0.1, 0.15) is 9.84 Å². The second-order valence-electron chi connectivity index (χ2n) is 5.83. The summed E-state index contributed by atoms with van der Waals surface area (Å²) in [6.07, 6.45) is 3.59. The Hall–Kier alpha value is -0.580. The van der Waals surface area contributed by atoms with E-state index in [1.807, 2.05) is 19.1 Å². The minimum atomic E-state index is -3.03. The Kier molecular flexibility index (Phi) is 4.77. The van der Waals surface area contributed by atoms with Crippen molar-refractivity contribution in [3.63, 3.8) is 0 Å². The van der Waals surface area contributed by atoms with Crippen molar-refractivity contribution >= 4 is 21.4 Å². The fraction of sp³-hybridized carbons (Fsp3) is 0.600. The molecule has 1 aliphatic carbocycles. The van der Waals surface area contributed by atoms with Crippen LogP contribution in [-0.2, 0) is 9.84 Å². The van der Waals surface area contributed by atoms with Gasteiger partial charge in [-0.05, 0) is 49.3 Å². The second kappa shape index (κ2) is 6.04. The molecule has 112 valence electrons. The molecule has 0 spiro atoms. The summed E-state index contributed by atoms with van der Waals surface area (Å²) in [6.45, 7) is 1.92. The van der Waals surface area contributed by atoms with Crippen molar-refractivity contribution in [2.45, 2.75) is 44.0 Å². The summed E-state index contributed by atoms with van der Waals surface area (Å²) in [4.78, 5) is 0. The Bertz CT molecular complexity index is 583. The van der Waals surface area contributed by atoms with Crippen molar-refractivity contribution in [2.24, 2.45) is 5.92 Å². The first kappa shape index (κ1) is 15.8. The summed E-state index contributed by atoms with van der Waals surface area (Å²) in [5.41, 5.74) is 1.75. The molecule has 3 nitrogen and oxygen atoms in total. The molecule has 0 bridgehead atoms. The first-order chi connectivity index (χ1) is 9.29. The maximum absolute atomic E-state index is 11.7. The van der Waals surface area contributed by atoms with E-state index in [0.29, 0.717) is 17.9 Å². The molecule has 20 heavy (non-hydrogen) atoms. The number of sulfone groups is 1. The first-order valence-corrected chi connectivity index (χ1v) is 9.25. The molecule has 1 N–H and O–H groups in total. The van der Waals surface area contributed by atoms with Crippen LogP contribution >= 0.6 is 11.6 Å². The van der Waals surface area contributed by atoms with Crippen LogP contribution in [0.3, 0.4) is 0 Å². The van der Waals surface area contributed by atoms with Gasteiger partial charge in [0.2, 0.25) is 0 Å². The van der Waals surface area contributed by atoms with Crippen LogP contribution in [0.25, 0.3) is 0 Å². The molecule has 3 unspecified atom stereocenters. The lowest BCUT2D eigenvalue weighted by atomic mass is 9.82. The summed E-state index contributed by atoms with van der Waals surface area (Å²) in [6, 6.07) is 5.54. The van der Waals surface area contributed by atoms with E-state index in [1.165, 1.54) is 6.26 Å². The Morgan fingerprint density at radius 1 is 1.35 bits per heavy atom. The van der Waals surface area contributed by atoms with Gasteiger partial charge >= 0.3 is 0 Å². The average molecular weight is 317 g/mol. The summed E-state index contributed by atoms with van der Waals surface area (Å²) < 4.78 is 23.4. The third-order valence-electron chi connectivity index (χ3n) is 4.26. The van der Waals surface area contributed by atoms with Crippen molar-refractivity contribution in [3.05, 3.63) is 34.3 Å². The molecule has 0 aliphatic heterocycles. The molecule has 0 heterocycles. The van der Waals surface area contributed by atoms with E-state index in [-0.39, 0.29) is 11.2 Å². The number of aliphatic hydroxyl groups excluding tert-OH is 1. The number of benzene rings is 1. The molecular formula is C15H21ClO3S. The summed E-state index contributed by atoms with van der Waals surface area (Å²) in [5, 5.41) is 10.8. The van der Waals surface area contributed by atoms with Crippen LogP contribution in [0, 0.1) is 12.8 Å². The highest BCUT2D eigenvalue weighted by Crippen LogP contribution is 2.37. The Labute approximate surface area is 125 Å². The lowest BCUT2D eigenvalue weighted by Crippen LogP contribution is -2.30. The molecule has 0 radical (unpaired) electrons. The zero-order valence-electron chi connectivity index (χ0n) is 11.8. The van der Waals surface area contributed by atoms with Crippen LogP contribution in [0.2, 0.25) is 5.02 Å². The van der Waals surface area contributed by atoms with E-state index < -0.39 is 15.9 Å². The lowest BCUT2D eigenvalue weighted by Gasteiger charge is -2.31. The van der Waals surface area contributed by atoms with Gasteiger partial charge < -0.3 is 5.11 Å². The molecule has 5 heteroatoms. The Morgan fingerprint density at radius 3 is 2.65 bits per heavy atom. The SMILES string of the molecule is Cc1ccc(C(O)C2CCCC(S(C)(=O)=O)C2)cc1Cl. The predicted molar refractivity (Wildman–Crippen MR) is 81.7 cm³/mol. The second-order valence-corrected chi connectivity index (χ2v) is 8.56. The number of hydrogen-bond donors (Lipinski definition) is 1. The van der Waals surface area contributed by atoms with Gasteiger partial charge in [-0.2, -0.15) is 0 Å². The molecule has 3 atom stereocenters. The van der Waals surface area contributed by atoms with Crippen molar-refractivity contribution in [2.75, 3.05) is 6.26 Å². The number of aryl methyl sites for hydroxylation is 1. The van der Waals surface area contributed by atoms with E-state index in [2.05, 4.69) is 0 Å². The topological polar surface area (TPSA) is 54.4 Å². The molecule has 1 aliphatic rings. The van der Waals surface area contributed by atoms with E-state index in [9.17, 15) is 13.5 Å². The first-order valence-electron chi connectivity index (χ1n) is 6.92. The van der Waals surface area contributed by atoms with E-state index in [0.717, 1.165) is 24.0 Å².